The standard InChI is InChI=1S/C28H29FN2O8S/c1-36-23-12-16-6-9-21(30-28(33)19-11-15(5-8-20(19)29)14-39-31(34)35)18-13-22(32)24(40-4)10-7-17(18)25(16)27(38-3)26(23)37-2/h5,7-8,10-13,21,34-35H,6,9,14H2,1-4H3,(H,30,33)/t21-/m0/s1. The van der Waals surface area contributed by atoms with E-state index >= 15 is 0 Å². The van der Waals surface area contributed by atoms with Crippen LogP contribution in [-0.4, -0.2) is 49.3 Å². The predicted octanol–water partition coefficient (Wildman–Crippen LogP) is 4.53. The second kappa shape index (κ2) is 12.7. The molecule has 0 unspecified atom stereocenters. The lowest BCUT2D eigenvalue weighted by Gasteiger charge is -2.20. The van der Waals surface area contributed by atoms with Crippen molar-refractivity contribution in [1.82, 2.24) is 10.7 Å². The summed E-state index contributed by atoms with van der Waals surface area (Å²) in [6.45, 7) is -0.314. The minimum atomic E-state index is -0.771. The van der Waals surface area contributed by atoms with Crippen molar-refractivity contribution < 1.29 is 38.6 Å². The van der Waals surface area contributed by atoms with Gasteiger partial charge < -0.3 is 19.5 Å². The van der Waals surface area contributed by atoms with Crippen LogP contribution in [0, 0.1) is 5.82 Å². The van der Waals surface area contributed by atoms with Crippen LogP contribution in [0.1, 0.15) is 39.5 Å². The van der Waals surface area contributed by atoms with E-state index < -0.39 is 23.2 Å². The van der Waals surface area contributed by atoms with Crippen molar-refractivity contribution in [2.75, 3.05) is 27.6 Å². The average Bonchev–Trinajstić information content (AvgIpc) is 3.19. The molecule has 0 aliphatic heterocycles. The van der Waals surface area contributed by atoms with Crippen LogP contribution in [0.2, 0.25) is 0 Å². The van der Waals surface area contributed by atoms with Crippen molar-refractivity contribution in [3.8, 4) is 28.4 Å². The monoisotopic (exact) mass is 572 g/mol. The topological polar surface area (TPSA) is 127 Å². The lowest BCUT2D eigenvalue weighted by atomic mass is 9.95. The van der Waals surface area contributed by atoms with Crippen LogP contribution in [0.3, 0.4) is 0 Å². The molecule has 0 spiro atoms. The first kappa shape index (κ1) is 29.3. The Bertz CT molecular complexity index is 1480. The molecule has 0 bridgehead atoms. The smallest absolute Gasteiger partial charge is 0.254 e. The third-order valence-corrected chi connectivity index (χ3v) is 7.43. The molecule has 3 N–H and O–H groups in total. The number of halogens is 1. The van der Waals surface area contributed by atoms with E-state index in [2.05, 4.69) is 10.2 Å². The van der Waals surface area contributed by atoms with Gasteiger partial charge in [0.25, 0.3) is 5.91 Å². The molecule has 1 amide bonds. The summed E-state index contributed by atoms with van der Waals surface area (Å²) in [4.78, 5) is 31.6. The Kier molecular flexibility index (Phi) is 9.28. The number of rotatable bonds is 9. The van der Waals surface area contributed by atoms with Crippen LogP contribution in [-0.2, 0) is 17.9 Å². The van der Waals surface area contributed by atoms with Crippen molar-refractivity contribution in [1.29, 1.82) is 0 Å². The van der Waals surface area contributed by atoms with E-state index in [-0.39, 0.29) is 17.6 Å². The lowest BCUT2D eigenvalue weighted by molar-refractivity contribution is -0.497. The van der Waals surface area contributed by atoms with E-state index in [1.54, 1.807) is 12.3 Å². The number of amides is 1. The van der Waals surface area contributed by atoms with Crippen LogP contribution in [0.4, 0.5) is 4.39 Å². The molecule has 1 atom stereocenters. The van der Waals surface area contributed by atoms with E-state index in [0.717, 1.165) is 11.6 Å². The largest absolute Gasteiger partial charge is 0.493 e. The number of hydrogen-bond donors (Lipinski definition) is 3. The maximum Gasteiger partial charge on any atom is 0.254 e. The maximum absolute atomic E-state index is 14.7. The number of nitrogens with zero attached hydrogens (tertiary/aromatic N) is 1. The van der Waals surface area contributed by atoms with Gasteiger partial charge in [-0.25, -0.2) is 9.23 Å². The Balaban J connectivity index is 1.84. The van der Waals surface area contributed by atoms with Gasteiger partial charge in [0.05, 0.1) is 49.8 Å². The van der Waals surface area contributed by atoms with Gasteiger partial charge in [0.15, 0.2) is 16.9 Å². The van der Waals surface area contributed by atoms with Gasteiger partial charge in [-0.15, -0.1) is 11.8 Å². The van der Waals surface area contributed by atoms with Crippen molar-refractivity contribution >= 4 is 17.7 Å². The Morgan fingerprint density at radius 1 is 1.07 bits per heavy atom. The summed E-state index contributed by atoms with van der Waals surface area (Å²) in [6, 6.07) is 9.92. The highest BCUT2D eigenvalue weighted by molar-refractivity contribution is 7.98. The first-order chi connectivity index (χ1) is 19.2. The number of methoxy groups -OCH3 is 3. The molecule has 0 saturated carbocycles. The van der Waals surface area contributed by atoms with E-state index in [9.17, 15) is 14.0 Å². The molecule has 0 fully saturated rings. The minimum absolute atomic E-state index is 0.223. The third kappa shape index (κ3) is 5.91. The molecule has 12 heteroatoms. The molecule has 0 heterocycles. The molecule has 40 heavy (non-hydrogen) atoms. The third-order valence-electron chi connectivity index (χ3n) is 6.65. The molecule has 212 valence electrons. The number of hydrogen-bond acceptors (Lipinski definition) is 10. The van der Waals surface area contributed by atoms with E-state index in [1.807, 2.05) is 12.1 Å². The van der Waals surface area contributed by atoms with E-state index in [1.165, 1.54) is 51.3 Å². The fraction of sp³-hybridized carbons (Fsp3) is 0.286. The van der Waals surface area contributed by atoms with Gasteiger partial charge in [-0.3, -0.25) is 20.0 Å². The molecule has 0 aromatic heterocycles. The summed E-state index contributed by atoms with van der Waals surface area (Å²) >= 11 is 1.30. The van der Waals surface area contributed by atoms with Gasteiger partial charge >= 0.3 is 0 Å². The highest BCUT2D eigenvalue weighted by atomic mass is 32.2. The Morgan fingerprint density at radius 2 is 1.82 bits per heavy atom. The van der Waals surface area contributed by atoms with Crippen LogP contribution < -0.4 is 25.0 Å². The first-order valence-corrected chi connectivity index (χ1v) is 13.4. The van der Waals surface area contributed by atoms with Crippen LogP contribution in [0.15, 0.2) is 52.2 Å². The normalized spacial score (nSPS) is 14.2. The summed E-state index contributed by atoms with van der Waals surface area (Å²) in [6.07, 6.45) is 2.66. The number of fused-ring (bicyclic) bond motifs is 3. The van der Waals surface area contributed by atoms with Gasteiger partial charge in [-0.1, -0.05) is 12.1 Å². The van der Waals surface area contributed by atoms with E-state index in [0.29, 0.717) is 57.2 Å². The summed E-state index contributed by atoms with van der Waals surface area (Å²) in [5.74, 6) is -0.191. The van der Waals surface area contributed by atoms with E-state index in [4.69, 9.17) is 24.6 Å². The fourth-order valence-corrected chi connectivity index (χ4v) is 5.29. The fourth-order valence-electron chi connectivity index (χ4n) is 4.82. The van der Waals surface area contributed by atoms with Crippen molar-refractivity contribution in [2.24, 2.45) is 0 Å². The second-order valence-corrected chi connectivity index (χ2v) is 9.71. The van der Waals surface area contributed by atoms with Gasteiger partial charge in [0.1, 0.15) is 5.82 Å². The molecule has 4 rings (SSSR count). The van der Waals surface area contributed by atoms with Gasteiger partial charge in [-0.2, -0.15) is 0 Å². The number of aryl methyl sites for hydroxylation is 1. The molecule has 10 nitrogen and oxygen atoms in total. The van der Waals surface area contributed by atoms with Gasteiger partial charge in [0.2, 0.25) is 5.75 Å². The summed E-state index contributed by atoms with van der Waals surface area (Å²) in [5, 5.41) is 20.0. The van der Waals surface area contributed by atoms with Crippen molar-refractivity contribution in [2.45, 2.75) is 30.4 Å². The summed E-state index contributed by atoms with van der Waals surface area (Å²) < 4.78 is 31.7. The number of thioether (sulfide) groups is 1. The molecule has 0 saturated heterocycles. The number of nitrogens with one attached hydrogen (secondary N) is 1. The average molecular weight is 573 g/mol. The molecule has 1 aliphatic carbocycles. The Morgan fingerprint density at radius 3 is 2.48 bits per heavy atom. The Hall–Kier alpha value is -3.68. The Labute approximate surface area is 234 Å². The lowest BCUT2D eigenvalue weighted by Crippen LogP contribution is -2.30. The highest BCUT2D eigenvalue weighted by Gasteiger charge is 2.30. The molecular weight excluding hydrogens is 543 g/mol. The van der Waals surface area contributed by atoms with Gasteiger partial charge in [0, 0.05) is 5.56 Å². The zero-order valence-corrected chi connectivity index (χ0v) is 23.1. The quantitative estimate of drug-likeness (QED) is 0.249. The first-order valence-electron chi connectivity index (χ1n) is 12.2. The molecule has 1 aliphatic rings. The number of carbonyl (C=O) groups excluding carboxylic acids is 1. The number of benzene rings is 2. The van der Waals surface area contributed by atoms with Crippen LogP contribution in [0.5, 0.6) is 17.2 Å². The summed E-state index contributed by atoms with van der Waals surface area (Å²) in [5.41, 5.74) is 2.60. The molecular formula is C28H29FN2O8S. The zero-order chi connectivity index (χ0) is 29.0. The maximum atomic E-state index is 14.7. The predicted molar refractivity (Wildman–Crippen MR) is 145 cm³/mol. The number of carbonyl (C=O) groups is 1. The minimum Gasteiger partial charge on any atom is -0.493 e. The number of ether oxygens (including phenoxy) is 3. The molecule has 0 radical (unpaired) electrons. The highest BCUT2D eigenvalue weighted by Crippen LogP contribution is 2.50. The van der Waals surface area contributed by atoms with Gasteiger partial charge in [-0.05, 0) is 71.7 Å². The van der Waals surface area contributed by atoms with Crippen LogP contribution >= 0.6 is 11.8 Å². The summed E-state index contributed by atoms with van der Waals surface area (Å²) in [7, 11) is 4.55. The molecule has 3 aromatic carbocycles. The van der Waals surface area contributed by atoms with Crippen molar-refractivity contribution in [3.05, 3.63) is 80.8 Å². The van der Waals surface area contributed by atoms with Crippen LogP contribution in [0.25, 0.3) is 11.1 Å². The van der Waals surface area contributed by atoms with Crippen molar-refractivity contribution in [3.63, 3.8) is 0 Å². The SMILES string of the molecule is COc1cc2c(c(OC)c1OC)-c1ccc(SC)c(=O)cc1[C@@H](NC(=O)c1cc(CON(O)O)ccc1F)CC2. The second-order valence-electron chi connectivity index (χ2n) is 8.86. The molecule has 3 aromatic rings. The zero-order valence-electron chi connectivity index (χ0n) is 22.3.